The second kappa shape index (κ2) is 13.0. The molecule has 0 aromatic heterocycles. The predicted molar refractivity (Wildman–Crippen MR) is 190 cm³/mol. The zero-order valence-electron chi connectivity index (χ0n) is 27.4. The van der Waals surface area contributed by atoms with Crippen LogP contribution in [0.15, 0.2) is 70.9 Å². The number of benzene rings is 2. The Morgan fingerprint density at radius 3 is 1.33 bits per heavy atom. The first-order valence-electron chi connectivity index (χ1n) is 15.7. The Morgan fingerprint density at radius 1 is 0.630 bits per heavy atom. The van der Waals surface area contributed by atoms with Gasteiger partial charge in [-0.1, -0.05) is 48.5 Å². The monoisotopic (exact) mass is 658 g/mol. The maximum atomic E-state index is 12.8. The van der Waals surface area contributed by atoms with Crippen LogP contribution in [-0.2, 0) is 9.47 Å². The van der Waals surface area contributed by atoms with Crippen LogP contribution in [0.5, 0.6) is 0 Å². The van der Waals surface area contributed by atoms with E-state index in [9.17, 15) is 9.59 Å². The molecule has 0 aliphatic carbocycles. The highest BCUT2D eigenvalue weighted by Gasteiger charge is 2.38. The molecule has 2 atom stereocenters. The Morgan fingerprint density at radius 2 is 0.978 bits per heavy atom. The topological polar surface area (TPSA) is 83.8 Å². The average molecular weight is 659 g/mol. The summed E-state index contributed by atoms with van der Waals surface area (Å²) in [4.78, 5) is 38.7. The largest absolute Gasteiger partial charge is 0.444 e. The molecule has 4 heterocycles. The van der Waals surface area contributed by atoms with Crippen LogP contribution in [0.4, 0.5) is 9.59 Å². The molecule has 46 heavy (non-hydrogen) atoms. The van der Waals surface area contributed by atoms with Gasteiger partial charge in [0.15, 0.2) is 0 Å². The molecule has 2 aromatic carbocycles. The SMILES string of the molecule is CC(C)(C)OC(=O)N1CSC[C@H]1C1=NC=C(c2ccc(-c3ccc(C4=CN=C([C@@H]5CSCN5C(=O)OC(C)(C)C)C4)cc3)cc2)C1. The molecule has 4 aliphatic heterocycles. The van der Waals surface area contributed by atoms with Gasteiger partial charge in [-0.3, -0.25) is 19.8 Å². The second-order valence-corrected chi connectivity index (χ2v) is 16.0. The Labute approximate surface area is 280 Å². The quantitative estimate of drug-likeness (QED) is 0.321. The highest BCUT2D eigenvalue weighted by atomic mass is 32.2. The molecule has 0 saturated carbocycles. The van der Waals surface area contributed by atoms with Crippen molar-refractivity contribution in [1.82, 2.24) is 9.80 Å². The van der Waals surface area contributed by atoms with Crippen molar-refractivity contribution in [2.75, 3.05) is 23.3 Å². The molecule has 0 spiro atoms. The molecule has 4 aliphatic rings. The van der Waals surface area contributed by atoms with E-state index in [-0.39, 0.29) is 24.3 Å². The zero-order valence-corrected chi connectivity index (χ0v) is 29.0. The number of carbonyl (C=O) groups excluding carboxylic acids is 2. The van der Waals surface area contributed by atoms with E-state index in [4.69, 9.17) is 19.5 Å². The first kappa shape index (κ1) is 32.4. The third-order valence-electron chi connectivity index (χ3n) is 8.15. The summed E-state index contributed by atoms with van der Waals surface area (Å²) in [6.45, 7) is 11.4. The van der Waals surface area contributed by atoms with E-state index < -0.39 is 11.2 Å². The molecule has 0 unspecified atom stereocenters. The van der Waals surface area contributed by atoms with Crippen LogP contribution in [0.25, 0.3) is 22.3 Å². The fourth-order valence-electron chi connectivity index (χ4n) is 5.85. The van der Waals surface area contributed by atoms with E-state index in [1.165, 1.54) is 0 Å². The maximum Gasteiger partial charge on any atom is 0.411 e. The highest BCUT2D eigenvalue weighted by Crippen LogP contribution is 2.34. The number of thioether (sulfide) groups is 2. The summed E-state index contributed by atoms with van der Waals surface area (Å²) in [7, 11) is 0. The molecule has 0 N–H and O–H groups in total. The smallest absolute Gasteiger partial charge is 0.411 e. The Balaban J connectivity index is 1.04. The van der Waals surface area contributed by atoms with Crippen molar-refractivity contribution in [3.8, 4) is 11.1 Å². The van der Waals surface area contributed by atoms with Crippen molar-refractivity contribution in [3.63, 3.8) is 0 Å². The van der Waals surface area contributed by atoms with E-state index in [2.05, 4.69) is 48.5 Å². The highest BCUT2D eigenvalue weighted by molar-refractivity contribution is 7.99. The Kier molecular flexibility index (Phi) is 9.13. The summed E-state index contributed by atoms with van der Waals surface area (Å²) in [6, 6.07) is 17.1. The van der Waals surface area contributed by atoms with E-state index >= 15 is 0 Å². The lowest BCUT2D eigenvalue weighted by atomic mass is 9.95. The Bertz CT molecular complexity index is 1490. The van der Waals surface area contributed by atoms with Crippen LogP contribution in [0.3, 0.4) is 0 Å². The van der Waals surface area contributed by atoms with Gasteiger partial charge >= 0.3 is 12.2 Å². The van der Waals surface area contributed by atoms with Crippen LogP contribution in [0.1, 0.15) is 65.5 Å². The molecule has 6 rings (SSSR count). The molecule has 242 valence electrons. The van der Waals surface area contributed by atoms with Crippen molar-refractivity contribution in [2.45, 2.75) is 77.7 Å². The van der Waals surface area contributed by atoms with Crippen molar-refractivity contribution in [2.24, 2.45) is 9.98 Å². The van der Waals surface area contributed by atoms with Crippen LogP contribution in [0, 0.1) is 0 Å². The van der Waals surface area contributed by atoms with Gasteiger partial charge in [-0.2, -0.15) is 0 Å². The van der Waals surface area contributed by atoms with Crippen molar-refractivity contribution in [3.05, 3.63) is 72.1 Å². The van der Waals surface area contributed by atoms with Crippen LogP contribution >= 0.6 is 23.5 Å². The molecule has 8 nitrogen and oxygen atoms in total. The van der Waals surface area contributed by atoms with Crippen molar-refractivity contribution >= 4 is 58.3 Å². The first-order chi connectivity index (χ1) is 21.8. The summed E-state index contributed by atoms with van der Waals surface area (Å²) in [5.41, 5.74) is 7.88. The van der Waals surface area contributed by atoms with E-state index in [1.807, 2.05) is 53.9 Å². The summed E-state index contributed by atoms with van der Waals surface area (Å²) >= 11 is 3.47. The summed E-state index contributed by atoms with van der Waals surface area (Å²) in [6.07, 6.45) is 4.79. The lowest BCUT2D eigenvalue weighted by molar-refractivity contribution is 0.0268. The molecule has 0 bridgehead atoms. The van der Waals surface area contributed by atoms with Gasteiger partial charge in [0, 0.05) is 48.2 Å². The van der Waals surface area contributed by atoms with Gasteiger partial charge in [0.1, 0.15) is 11.2 Å². The van der Waals surface area contributed by atoms with Crippen molar-refractivity contribution < 1.29 is 19.1 Å². The predicted octanol–water partition coefficient (Wildman–Crippen LogP) is 8.34. The number of nitrogens with zero attached hydrogens (tertiary/aromatic N) is 4. The summed E-state index contributed by atoms with van der Waals surface area (Å²) in [5, 5.41) is 0. The maximum absolute atomic E-state index is 12.8. The third-order valence-corrected chi connectivity index (χ3v) is 10.2. The number of hydrogen-bond donors (Lipinski definition) is 0. The molecule has 2 amide bonds. The normalized spacial score (nSPS) is 21.6. The van der Waals surface area contributed by atoms with Crippen LogP contribution < -0.4 is 0 Å². The number of ether oxygens (including phenoxy) is 2. The van der Waals surface area contributed by atoms with Crippen LogP contribution in [0.2, 0.25) is 0 Å². The zero-order chi connectivity index (χ0) is 32.6. The minimum absolute atomic E-state index is 0.0381. The van der Waals surface area contributed by atoms with E-state index in [0.29, 0.717) is 11.8 Å². The fraction of sp³-hybridized carbons (Fsp3) is 0.444. The Hall–Kier alpha value is -3.50. The number of amides is 2. The van der Waals surface area contributed by atoms with Gasteiger partial charge in [0.05, 0.1) is 23.8 Å². The van der Waals surface area contributed by atoms with Gasteiger partial charge in [0.2, 0.25) is 0 Å². The second-order valence-electron chi connectivity index (χ2n) is 14.0. The molecular formula is C36H42N4O4S2. The minimum Gasteiger partial charge on any atom is -0.444 e. The fourth-order valence-corrected chi connectivity index (χ4v) is 8.21. The van der Waals surface area contributed by atoms with Gasteiger partial charge < -0.3 is 9.47 Å². The first-order valence-corrected chi connectivity index (χ1v) is 18.0. The number of aliphatic imine (C=N–C) groups is 2. The number of carbonyl (C=O) groups is 2. The minimum atomic E-state index is -0.523. The third kappa shape index (κ3) is 7.39. The van der Waals surface area contributed by atoms with Gasteiger partial charge in [-0.05, 0) is 74.9 Å². The van der Waals surface area contributed by atoms with E-state index in [1.54, 1.807) is 33.3 Å². The number of allylic oxidation sites excluding steroid dienone is 2. The van der Waals surface area contributed by atoms with Gasteiger partial charge in [-0.25, -0.2) is 9.59 Å². The van der Waals surface area contributed by atoms with Crippen LogP contribution in [-0.4, -0.2) is 80.0 Å². The van der Waals surface area contributed by atoms with Gasteiger partial charge in [0.25, 0.3) is 0 Å². The lowest BCUT2D eigenvalue weighted by Gasteiger charge is -2.28. The van der Waals surface area contributed by atoms with Gasteiger partial charge in [-0.15, -0.1) is 23.5 Å². The van der Waals surface area contributed by atoms with E-state index in [0.717, 1.165) is 69.2 Å². The molecule has 0 radical (unpaired) electrons. The molecule has 10 heteroatoms. The average Bonchev–Trinajstić information content (AvgIpc) is 3.82. The lowest BCUT2D eigenvalue weighted by Crippen LogP contribution is -2.44. The summed E-state index contributed by atoms with van der Waals surface area (Å²) in [5.74, 6) is 2.92. The molecule has 2 fully saturated rings. The van der Waals surface area contributed by atoms with Crippen molar-refractivity contribution in [1.29, 1.82) is 0 Å². The number of hydrogen-bond acceptors (Lipinski definition) is 8. The molecule has 2 saturated heterocycles. The standard InChI is InChI=1S/C36H42N4O4S2/c1-35(2,3)43-33(41)39-21-45-19-31(39)29-15-27(17-37-29)25-11-7-23(8-12-25)24-9-13-26(14-10-24)28-16-30(38-18-28)32-20-46-22-40(32)34(42)44-36(4,5)6/h7-14,17-18,31-32H,15-16,19-22H2,1-6H3/t31-,32-/m0/s1. The molecule has 2 aromatic rings. The number of rotatable bonds is 5. The summed E-state index contributed by atoms with van der Waals surface area (Å²) < 4.78 is 11.3. The molecular weight excluding hydrogens is 617 g/mol.